The quantitative estimate of drug-likeness (QED) is 0.843. The predicted octanol–water partition coefficient (Wildman–Crippen LogP) is 3.37. The van der Waals surface area contributed by atoms with Crippen molar-refractivity contribution >= 4 is 22.6 Å². The highest BCUT2D eigenvalue weighted by atomic mass is 127. The van der Waals surface area contributed by atoms with Crippen molar-refractivity contribution in [1.29, 1.82) is 0 Å². The van der Waals surface area contributed by atoms with Crippen molar-refractivity contribution in [1.82, 2.24) is 0 Å². The first kappa shape index (κ1) is 10.6. The second-order valence-corrected chi connectivity index (χ2v) is 4.61. The van der Waals surface area contributed by atoms with E-state index < -0.39 is 6.10 Å². The summed E-state index contributed by atoms with van der Waals surface area (Å²) in [7, 11) is 0. The molecular formula is C13H11IO. The zero-order valence-electron chi connectivity index (χ0n) is 8.10. The fourth-order valence-corrected chi connectivity index (χ4v) is 2.07. The van der Waals surface area contributed by atoms with Crippen LogP contribution in [0.5, 0.6) is 0 Å². The van der Waals surface area contributed by atoms with E-state index in [0.717, 1.165) is 14.7 Å². The van der Waals surface area contributed by atoms with E-state index in [2.05, 4.69) is 22.6 Å². The second kappa shape index (κ2) is 4.77. The van der Waals surface area contributed by atoms with E-state index in [1.165, 1.54) is 0 Å². The van der Waals surface area contributed by atoms with Gasteiger partial charge < -0.3 is 5.11 Å². The van der Waals surface area contributed by atoms with Crippen molar-refractivity contribution in [2.75, 3.05) is 0 Å². The summed E-state index contributed by atoms with van der Waals surface area (Å²) in [5, 5.41) is 10.1. The summed E-state index contributed by atoms with van der Waals surface area (Å²) >= 11 is 2.25. The molecule has 1 nitrogen and oxygen atoms in total. The Balaban J connectivity index is 2.32. The van der Waals surface area contributed by atoms with E-state index in [1.807, 2.05) is 54.6 Å². The van der Waals surface area contributed by atoms with Gasteiger partial charge in [-0.05, 0) is 45.9 Å². The van der Waals surface area contributed by atoms with Crippen molar-refractivity contribution in [2.24, 2.45) is 0 Å². The minimum atomic E-state index is -0.527. The molecule has 0 heterocycles. The van der Waals surface area contributed by atoms with Crippen LogP contribution in [0.3, 0.4) is 0 Å². The van der Waals surface area contributed by atoms with Gasteiger partial charge in [0.2, 0.25) is 0 Å². The van der Waals surface area contributed by atoms with Crippen LogP contribution >= 0.6 is 22.6 Å². The van der Waals surface area contributed by atoms with Gasteiger partial charge in [-0.1, -0.05) is 42.5 Å². The third-order valence-corrected chi connectivity index (χ3v) is 2.95. The highest BCUT2D eigenvalue weighted by Gasteiger charge is 2.09. The molecular weight excluding hydrogens is 299 g/mol. The molecule has 0 radical (unpaired) electrons. The van der Waals surface area contributed by atoms with Crippen molar-refractivity contribution in [2.45, 2.75) is 6.10 Å². The SMILES string of the molecule is OC(c1ccccc1)c1cccc(I)c1. The minimum absolute atomic E-state index is 0.527. The Bertz CT molecular complexity index is 439. The monoisotopic (exact) mass is 310 g/mol. The lowest BCUT2D eigenvalue weighted by Gasteiger charge is -2.11. The number of aliphatic hydroxyl groups excluding tert-OH is 1. The van der Waals surface area contributed by atoms with Crippen molar-refractivity contribution in [3.05, 3.63) is 69.3 Å². The second-order valence-electron chi connectivity index (χ2n) is 3.37. The van der Waals surface area contributed by atoms with Gasteiger partial charge in [0, 0.05) is 3.57 Å². The standard InChI is InChI=1S/C13H11IO/c14-12-8-4-7-11(9-12)13(15)10-5-2-1-3-6-10/h1-9,13,15H. The summed E-state index contributed by atoms with van der Waals surface area (Å²) in [5.74, 6) is 0. The zero-order valence-corrected chi connectivity index (χ0v) is 10.3. The molecule has 1 atom stereocenters. The Hall–Kier alpha value is -0.870. The van der Waals surface area contributed by atoms with Gasteiger partial charge in [-0.2, -0.15) is 0 Å². The lowest BCUT2D eigenvalue weighted by atomic mass is 10.0. The van der Waals surface area contributed by atoms with Gasteiger partial charge in [0.25, 0.3) is 0 Å². The first-order chi connectivity index (χ1) is 7.27. The number of rotatable bonds is 2. The Morgan fingerprint density at radius 3 is 2.20 bits per heavy atom. The molecule has 0 fully saturated rings. The number of hydrogen-bond donors (Lipinski definition) is 1. The predicted molar refractivity (Wildman–Crippen MR) is 69.7 cm³/mol. The molecule has 0 saturated carbocycles. The molecule has 2 aromatic carbocycles. The van der Waals surface area contributed by atoms with Crippen LogP contribution in [0.4, 0.5) is 0 Å². The summed E-state index contributed by atoms with van der Waals surface area (Å²) in [6.45, 7) is 0. The third kappa shape index (κ3) is 2.58. The lowest BCUT2D eigenvalue weighted by molar-refractivity contribution is 0.220. The summed E-state index contributed by atoms with van der Waals surface area (Å²) in [4.78, 5) is 0. The largest absolute Gasteiger partial charge is 0.384 e. The topological polar surface area (TPSA) is 20.2 Å². The summed E-state index contributed by atoms with van der Waals surface area (Å²) in [6, 6.07) is 17.6. The first-order valence-electron chi connectivity index (χ1n) is 4.76. The van der Waals surface area contributed by atoms with E-state index in [1.54, 1.807) is 0 Å². The van der Waals surface area contributed by atoms with Crippen LogP contribution in [-0.4, -0.2) is 5.11 Å². The highest BCUT2D eigenvalue weighted by Crippen LogP contribution is 2.22. The molecule has 15 heavy (non-hydrogen) atoms. The van der Waals surface area contributed by atoms with Crippen molar-refractivity contribution in [3.63, 3.8) is 0 Å². The van der Waals surface area contributed by atoms with Gasteiger partial charge in [-0.3, -0.25) is 0 Å². The van der Waals surface area contributed by atoms with Crippen molar-refractivity contribution < 1.29 is 5.11 Å². The summed E-state index contributed by atoms with van der Waals surface area (Å²) < 4.78 is 1.14. The average molecular weight is 310 g/mol. The Morgan fingerprint density at radius 1 is 0.867 bits per heavy atom. The van der Waals surface area contributed by atoms with E-state index >= 15 is 0 Å². The fraction of sp³-hybridized carbons (Fsp3) is 0.0769. The number of halogens is 1. The van der Waals surface area contributed by atoms with E-state index in [0.29, 0.717) is 0 Å². The molecule has 0 spiro atoms. The maximum absolute atomic E-state index is 10.1. The summed E-state index contributed by atoms with van der Waals surface area (Å²) in [5.41, 5.74) is 1.87. The number of hydrogen-bond acceptors (Lipinski definition) is 1. The molecule has 0 aromatic heterocycles. The molecule has 2 rings (SSSR count). The fourth-order valence-electron chi connectivity index (χ4n) is 1.50. The number of benzene rings is 2. The molecule has 0 bridgehead atoms. The molecule has 2 heteroatoms. The Labute approximate surface area is 103 Å². The van der Waals surface area contributed by atoms with Gasteiger partial charge in [-0.15, -0.1) is 0 Å². The van der Waals surface area contributed by atoms with Crippen LogP contribution in [0.2, 0.25) is 0 Å². The summed E-state index contributed by atoms with van der Waals surface area (Å²) in [6.07, 6.45) is -0.527. The first-order valence-corrected chi connectivity index (χ1v) is 5.84. The van der Waals surface area contributed by atoms with Gasteiger partial charge in [0.05, 0.1) is 0 Å². The zero-order chi connectivity index (χ0) is 10.7. The Morgan fingerprint density at radius 2 is 1.53 bits per heavy atom. The van der Waals surface area contributed by atoms with Crippen LogP contribution in [0.25, 0.3) is 0 Å². The van der Waals surface area contributed by atoms with Crippen LogP contribution in [0.15, 0.2) is 54.6 Å². The number of aliphatic hydroxyl groups is 1. The molecule has 0 aliphatic heterocycles. The van der Waals surface area contributed by atoms with E-state index in [-0.39, 0.29) is 0 Å². The average Bonchev–Trinajstić information content (AvgIpc) is 2.29. The molecule has 1 unspecified atom stereocenters. The molecule has 0 aliphatic rings. The maximum atomic E-state index is 10.1. The molecule has 0 saturated heterocycles. The molecule has 76 valence electrons. The van der Waals surface area contributed by atoms with Gasteiger partial charge in [0.1, 0.15) is 6.10 Å². The van der Waals surface area contributed by atoms with Gasteiger partial charge in [-0.25, -0.2) is 0 Å². The molecule has 0 aliphatic carbocycles. The van der Waals surface area contributed by atoms with Gasteiger partial charge in [0.15, 0.2) is 0 Å². The van der Waals surface area contributed by atoms with E-state index in [9.17, 15) is 5.11 Å². The molecule has 2 aromatic rings. The van der Waals surface area contributed by atoms with Gasteiger partial charge >= 0.3 is 0 Å². The van der Waals surface area contributed by atoms with Crippen LogP contribution in [0, 0.1) is 3.57 Å². The molecule has 1 N–H and O–H groups in total. The maximum Gasteiger partial charge on any atom is 0.104 e. The molecule has 0 amide bonds. The van der Waals surface area contributed by atoms with Crippen LogP contribution < -0.4 is 0 Å². The Kier molecular flexibility index (Phi) is 3.38. The van der Waals surface area contributed by atoms with E-state index in [4.69, 9.17) is 0 Å². The third-order valence-electron chi connectivity index (χ3n) is 2.28. The minimum Gasteiger partial charge on any atom is -0.384 e. The van der Waals surface area contributed by atoms with Crippen LogP contribution in [-0.2, 0) is 0 Å². The van der Waals surface area contributed by atoms with Crippen molar-refractivity contribution in [3.8, 4) is 0 Å². The highest BCUT2D eigenvalue weighted by molar-refractivity contribution is 14.1. The normalized spacial score (nSPS) is 12.4. The smallest absolute Gasteiger partial charge is 0.104 e. The van der Waals surface area contributed by atoms with Crippen LogP contribution in [0.1, 0.15) is 17.2 Å². The lowest BCUT2D eigenvalue weighted by Crippen LogP contribution is -1.99.